The van der Waals surface area contributed by atoms with E-state index in [1.54, 1.807) is 0 Å². The molecule has 0 saturated carbocycles. The number of para-hydroxylation sites is 2. The molecule has 1 aromatic carbocycles. The molecule has 1 aliphatic heterocycles. The SMILES string of the molecule is CC[C@H](N)C(=O)N1CCN(C)c2ccccc21. The summed E-state index contributed by atoms with van der Waals surface area (Å²) >= 11 is 0. The highest BCUT2D eigenvalue weighted by Crippen LogP contribution is 2.31. The molecule has 0 radical (unpaired) electrons. The van der Waals surface area contributed by atoms with Crippen LogP contribution < -0.4 is 15.5 Å². The first-order valence-corrected chi connectivity index (χ1v) is 6.02. The van der Waals surface area contributed by atoms with E-state index >= 15 is 0 Å². The molecule has 1 aromatic rings. The second-order valence-corrected chi connectivity index (χ2v) is 4.41. The number of hydrogen-bond acceptors (Lipinski definition) is 3. The maximum absolute atomic E-state index is 12.2. The lowest BCUT2D eigenvalue weighted by Gasteiger charge is -2.36. The number of fused-ring (bicyclic) bond motifs is 1. The van der Waals surface area contributed by atoms with Gasteiger partial charge in [0.25, 0.3) is 0 Å². The zero-order chi connectivity index (χ0) is 12.4. The normalized spacial score (nSPS) is 16.6. The average molecular weight is 233 g/mol. The van der Waals surface area contributed by atoms with Crippen LogP contribution in [0.15, 0.2) is 24.3 Å². The van der Waals surface area contributed by atoms with E-state index in [1.807, 2.05) is 43.1 Å². The Morgan fingerprint density at radius 2 is 2.00 bits per heavy atom. The lowest BCUT2D eigenvalue weighted by atomic mass is 10.1. The lowest BCUT2D eigenvalue weighted by molar-refractivity contribution is -0.119. The number of anilines is 2. The minimum absolute atomic E-state index is 0.0213. The van der Waals surface area contributed by atoms with Gasteiger partial charge in [-0.15, -0.1) is 0 Å². The number of likely N-dealkylation sites (N-methyl/N-ethyl adjacent to an activating group) is 1. The van der Waals surface area contributed by atoms with Crippen LogP contribution in [0.4, 0.5) is 11.4 Å². The number of nitrogens with zero attached hydrogens (tertiary/aromatic N) is 2. The van der Waals surface area contributed by atoms with E-state index in [2.05, 4.69) is 4.90 Å². The molecule has 0 saturated heterocycles. The van der Waals surface area contributed by atoms with Gasteiger partial charge in [-0.1, -0.05) is 19.1 Å². The number of amides is 1. The highest BCUT2D eigenvalue weighted by molar-refractivity contribution is 6.00. The van der Waals surface area contributed by atoms with Crippen molar-refractivity contribution in [2.75, 3.05) is 29.9 Å². The minimum atomic E-state index is -0.397. The third kappa shape index (κ3) is 2.13. The molecule has 1 amide bonds. The van der Waals surface area contributed by atoms with Crippen molar-refractivity contribution < 1.29 is 4.79 Å². The van der Waals surface area contributed by atoms with Crippen LogP contribution in [0.5, 0.6) is 0 Å². The molecule has 0 aliphatic carbocycles. The molecule has 0 unspecified atom stereocenters. The maximum Gasteiger partial charge on any atom is 0.244 e. The van der Waals surface area contributed by atoms with E-state index in [0.29, 0.717) is 13.0 Å². The van der Waals surface area contributed by atoms with Crippen LogP contribution in [0.25, 0.3) is 0 Å². The second-order valence-electron chi connectivity index (χ2n) is 4.41. The van der Waals surface area contributed by atoms with Gasteiger partial charge in [-0.3, -0.25) is 4.79 Å². The summed E-state index contributed by atoms with van der Waals surface area (Å²) in [5.41, 5.74) is 7.89. The predicted molar refractivity (Wildman–Crippen MR) is 70.3 cm³/mol. The molecule has 4 nitrogen and oxygen atoms in total. The Morgan fingerprint density at radius 1 is 1.35 bits per heavy atom. The quantitative estimate of drug-likeness (QED) is 0.835. The van der Waals surface area contributed by atoms with Gasteiger partial charge in [-0.2, -0.15) is 0 Å². The number of rotatable bonds is 2. The van der Waals surface area contributed by atoms with Gasteiger partial charge in [-0.25, -0.2) is 0 Å². The van der Waals surface area contributed by atoms with E-state index in [9.17, 15) is 4.79 Å². The largest absolute Gasteiger partial charge is 0.371 e. The fourth-order valence-electron chi connectivity index (χ4n) is 2.11. The van der Waals surface area contributed by atoms with Crippen molar-refractivity contribution in [2.24, 2.45) is 5.73 Å². The smallest absolute Gasteiger partial charge is 0.244 e. The molecule has 2 rings (SSSR count). The Kier molecular flexibility index (Phi) is 3.33. The standard InChI is InChI=1S/C13H19N3O/c1-3-10(14)13(17)16-9-8-15(2)11-6-4-5-7-12(11)16/h4-7,10H,3,8-9,14H2,1-2H3/t10-/m0/s1. The summed E-state index contributed by atoms with van der Waals surface area (Å²) < 4.78 is 0. The Balaban J connectivity index is 2.33. The third-order valence-electron chi connectivity index (χ3n) is 3.27. The van der Waals surface area contributed by atoms with Crippen LogP contribution >= 0.6 is 0 Å². The summed E-state index contributed by atoms with van der Waals surface area (Å²) in [4.78, 5) is 16.2. The Morgan fingerprint density at radius 3 is 2.65 bits per heavy atom. The topological polar surface area (TPSA) is 49.6 Å². The summed E-state index contributed by atoms with van der Waals surface area (Å²) in [6, 6.07) is 7.56. The summed E-state index contributed by atoms with van der Waals surface area (Å²) in [5, 5.41) is 0. The fourth-order valence-corrected chi connectivity index (χ4v) is 2.11. The van der Waals surface area contributed by atoms with Crippen molar-refractivity contribution in [2.45, 2.75) is 19.4 Å². The molecule has 0 aromatic heterocycles. The number of benzene rings is 1. The van der Waals surface area contributed by atoms with E-state index in [1.165, 1.54) is 0 Å². The molecule has 2 N–H and O–H groups in total. The monoisotopic (exact) mass is 233 g/mol. The number of hydrogen-bond donors (Lipinski definition) is 1. The van der Waals surface area contributed by atoms with Crippen molar-refractivity contribution in [3.05, 3.63) is 24.3 Å². The minimum Gasteiger partial charge on any atom is -0.371 e. The van der Waals surface area contributed by atoms with Crippen molar-refractivity contribution in [3.8, 4) is 0 Å². The summed E-state index contributed by atoms with van der Waals surface area (Å²) in [6.45, 7) is 3.49. The van der Waals surface area contributed by atoms with E-state index < -0.39 is 6.04 Å². The van der Waals surface area contributed by atoms with Crippen molar-refractivity contribution in [1.82, 2.24) is 0 Å². The van der Waals surface area contributed by atoms with Gasteiger partial charge in [0.05, 0.1) is 17.4 Å². The first-order chi connectivity index (χ1) is 8.15. The average Bonchev–Trinajstić information content (AvgIpc) is 2.38. The number of carbonyl (C=O) groups excluding carboxylic acids is 1. The molecule has 1 atom stereocenters. The molecular weight excluding hydrogens is 214 g/mol. The summed E-state index contributed by atoms with van der Waals surface area (Å²) in [6.07, 6.45) is 0.674. The molecule has 0 fully saturated rings. The van der Waals surface area contributed by atoms with Crippen LogP contribution in [0.3, 0.4) is 0 Å². The molecule has 4 heteroatoms. The van der Waals surface area contributed by atoms with Gasteiger partial charge < -0.3 is 15.5 Å². The van der Waals surface area contributed by atoms with Gasteiger partial charge in [0.1, 0.15) is 0 Å². The highest BCUT2D eigenvalue weighted by Gasteiger charge is 2.27. The Labute approximate surface area is 102 Å². The summed E-state index contributed by atoms with van der Waals surface area (Å²) in [5.74, 6) is 0.0213. The van der Waals surface area contributed by atoms with Gasteiger partial charge in [0.2, 0.25) is 5.91 Å². The first-order valence-electron chi connectivity index (χ1n) is 6.02. The van der Waals surface area contributed by atoms with Crippen molar-refractivity contribution >= 4 is 17.3 Å². The van der Waals surface area contributed by atoms with Crippen molar-refractivity contribution in [3.63, 3.8) is 0 Å². The van der Waals surface area contributed by atoms with Gasteiger partial charge >= 0.3 is 0 Å². The Hall–Kier alpha value is -1.55. The molecule has 92 valence electrons. The zero-order valence-corrected chi connectivity index (χ0v) is 10.4. The molecule has 0 spiro atoms. The molecule has 1 heterocycles. The molecular formula is C13H19N3O. The fraction of sp³-hybridized carbons (Fsp3) is 0.462. The van der Waals surface area contributed by atoms with Crippen LogP contribution in [-0.4, -0.2) is 32.1 Å². The number of nitrogens with two attached hydrogens (primary N) is 1. The van der Waals surface area contributed by atoms with Crippen LogP contribution in [0, 0.1) is 0 Å². The van der Waals surface area contributed by atoms with Gasteiger partial charge in [-0.05, 0) is 18.6 Å². The summed E-state index contributed by atoms with van der Waals surface area (Å²) in [7, 11) is 2.04. The van der Waals surface area contributed by atoms with Crippen LogP contribution in [-0.2, 0) is 4.79 Å². The predicted octanol–water partition coefficient (Wildman–Crippen LogP) is 1.21. The molecule has 17 heavy (non-hydrogen) atoms. The highest BCUT2D eigenvalue weighted by atomic mass is 16.2. The second kappa shape index (κ2) is 4.75. The van der Waals surface area contributed by atoms with Gasteiger partial charge in [0, 0.05) is 20.1 Å². The molecule has 0 bridgehead atoms. The van der Waals surface area contributed by atoms with E-state index in [4.69, 9.17) is 5.73 Å². The number of carbonyl (C=O) groups is 1. The molecule has 1 aliphatic rings. The third-order valence-corrected chi connectivity index (χ3v) is 3.27. The zero-order valence-electron chi connectivity index (χ0n) is 10.4. The van der Waals surface area contributed by atoms with Crippen LogP contribution in [0.2, 0.25) is 0 Å². The van der Waals surface area contributed by atoms with Crippen molar-refractivity contribution in [1.29, 1.82) is 0 Å². The maximum atomic E-state index is 12.2. The first kappa shape index (κ1) is 11.9. The van der Waals surface area contributed by atoms with E-state index in [-0.39, 0.29) is 5.91 Å². The van der Waals surface area contributed by atoms with E-state index in [0.717, 1.165) is 17.9 Å². The lowest BCUT2D eigenvalue weighted by Crippen LogP contribution is -2.49. The Bertz CT molecular complexity index is 419. The van der Waals surface area contributed by atoms with Gasteiger partial charge in [0.15, 0.2) is 0 Å². The van der Waals surface area contributed by atoms with Crippen LogP contribution in [0.1, 0.15) is 13.3 Å².